The molecule has 0 aliphatic carbocycles. The number of para-hydroxylation sites is 1. The minimum absolute atomic E-state index is 0.275. The van der Waals surface area contributed by atoms with Crippen LogP contribution in [0.15, 0.2) is 42.5 Å². The molecule has 2 aromatic carbocycles. The fourth-order valence-corrected chi connectivity index (χ4v) is 2.13. The second-order valence-electron chi connectivity index (χ2n) is 4.73. The molecule has 0 atom stereocenters. The minimum Gasteiger partial charge on any atom is -0.491 e. The van der Waals surface area contributed by atoms with E-state index in [4.69, 9.17) is 9.47 Å². The van der Waals surface area contributed by atoms with E-state index < -0.39 is 5.97 Å². The third-order valence-corrected chi connectivity index (χ3v) is 3.07. The first-order chi connectivity index (χ1) is 10.1. The van der Waals surface area contributed by atoms with E-state index >= 15 is 0 Å². The first-order valence-electron chi connectivity index (χ1n) is 6.68. The number of aromatic carboxylic acids is 1. The Morgan fingerprint density at radius 1 is 1.14 bits per heavy atom. The van der Waals surface area contributed by atoms with Crippen molar-refractivity contribution in [3.05, 3.63) is 53.6 Å². The lowest BCUT2D eigenvalue weighted by Crippen LogP contribution is -2.05. The number of hydrogen-bond donors (Lipinski definition) is 1. The van der Waals surface area contributed by atoms with Gasteiger partial charge < -0.3 is 14.6 Å². The zero-order valence-corrected chi connectivity index (χ0v) is 12.1. The van der Waals surface area contributed by atoms with E-state index in [0.717, 1.165) is 22.4 Å². The molecule has 0 radical (unpaired) electrons. The third kappa shape index (κ3) is 3.83. The Balaban J connectivity index is 2.39. The van der Waals surface area contributed by atoms with Crippen LogP contribution in [0.4, 0.5) is 0 Å². The molecule has 0 bridgehead atoms. The van der Waals surface area contributed by atoms with E-state index in [1.165, 1.54) is 0 Å². The van der Waals surface area contributed by atoms with Crippen LogP contribution in [0.3, 0.4) is 0 Å². The smallest absolute Gasteiger partial charge is 0.335 e. The quantitative estimate of drug-likeness (QED) is 0.827. The number of hydrogen-bond acceptors (Lipinski definition) is 3. The van der Waals surface area contributed by atoms with E-state index in [1.54, 1.807) is 19.2 Å². The van der Waals surface area contributed by atoms with Gasteiger partial charge in [0.2, 0.25) is 0 Å². The molecule has 1 N–H and O–H groups in total. The summed E-state index contributed by atoms with van der Waals surface area (Å²) < 4.78 is 10.7. The molecule has 2 rings (SSSR count). The van der Waals surface area contributed by atoms with Crippen LogP contribution in [0.2, 0.25) is 0 Å². The van der Waals surface area contributed by atoms with Gasteiger partial charge in [-0.1, -0.05) is 24.3 Å². The van der Waals surface area contributed by atoms with Crippen molar-refractivity contribution >= 4 is 5.97 Å². The van der Waals surface area contributed by atoms with Crippen molar-refractivity contribution in [2.45, 2.75) is 6.92 Å². The molecular weight excluding hydrogens is 268 g/mol. The van der Waals surface area contributed by atoms with Crippen molar-refractivity contribution in [3.63, 3.8) is 0 Å². The highest BCUT2D eigenvalue weighted by molar-refractivity contribution is 5.90. The predicted octanol–water partition coefficient (Wildman–Crippen LogP) is 3.39. The maximum Gasteiger partial charge on any atom is 0.335 e. The summed E-state index contributed by atoms with van der Waals surface area (Å²) in [7, 11) is 1.62. The van der Waals surface area contributed by atoms with Gasteiger partial charge >= 0.3 is 5.97 Å². The summed E-state index contributed by atoms with van der Waals surface area (Å²) >= 11 is 0. The van der Waals surface area contributed by atoms with Crippen LogP contribution in [0.1, 0.15) is 15.9 Å². The number of ether oxygens (including phenoxy) is 2. The molecule has 2 aromatic rings. The normalized spacial score (nSPS) is 10.4. The summed E-state index contributed by atoms with van der Waals surface area (Å²) in [5.41, 5.74) is 2.88. The van der Waals surface area contributed by atoms with Gasteiger partial charge in [0.05, 0.1) is 12.2 Å². The highest BCUT2D eigenvalue weighted by Gasteiger charge is 2.10. The van der Waals surface area contributed by atoms with Crippen LogP contribution >= 0.6 is 0 Å². The minimum atomic E-state index is -0.933. The van der Waals surface area contributed by atoms with Gasteiger partial charge in [-0.3, -0.25) is 0 Å². The molecule has 0 spiro atoms. The largest absolute Gasteiger partial charge is 0.491 e. The topological polar surface area (TPSA) is 55.8 Å². The summed E-state index contributed by atoms with van der Waals surface area (Å²) in [6.45, 7) is 2.83. The summed E-state index contributed by atoms with van der Waals surface area (Å²) in [5, 5.41) is 9.18. The van der Waals surface area contributed by atoms with E-state index in [9.17, 15) is 9.90 Å². The van der Waals surface area contributed by atoms with Crippen molar-refractivity contribution < 1.29 is 19.4 Å². The fourth-order valence-electron chi connectivity index (χ4n) is 2.13. The lowest BCUT2D eigenvalue weighted by Gasteiger charge is -2.12. The van der Waals surface area contributed by atoms with Gasteiger partial charge in [0.15, 0.2) is 0 Å². The monoisotopic (exact) mass is 286 g/mol. The fraction of sp³-hybridized carbons (Fsp3) is 0.235. The van der Waals surface area contributed by atoms with E-state index in [1.807, 2.05) is 37.3 Å². The van der Waals surface area contributed by atoms with Crippen LogP contribution in [0, 0.1) is 6.92 Å². The molecule has 0 saturated heterocycles. The average molecular weight is 286 g/mol. The van der Waals surface area contributed by atoms with E-state index in [2.05, 4.69) is 0 Å². The second-order valence-corrected chi connectivity index (χ2v) is 4.73. The molecule has 4 nitrogen and oxygen atoms in total. The van der Waals surface area contributed by atoms with E-state index in [0.29, 0.717) is 13.2 Å². The molecule has 21 heavy (non-hydrogen) atoms. The zero-order valence-electron chi connectivity index (χ0n) is 12.1. The summed E-state index contributed by atoms with van der Waals surface area (Å²) in [6.07, 6.45) is 0. The summed E-state index contributed by atoms with van der Waals surface area (Å²) in [5.74, 6) is -0.214. The predicted molar refractivity (Wildman–Crippen MR) is 80.9 cm³/mol. The number of carboxylic acids is 1. The van der Waals surface area contributed by atoms with Crippen LogP contribution < -0.4 is 4.74 Å². The molecule has 0 fully saturated rings. The molecular formula is C17H18O4. The Morgan fingerprint density at radius 2 is 1.90 bits per heavy atom. The van der Waals surface area contributed by atoms with Gasteiger partial charge in [-0.2, -0.15) is 0 Å². The van der Waals surface area contributed by atoms with Crippen molar-refractivity contribution in [2.24, 2.45) is 0 Å². The lowest BCUT2D eigenvalue weighted by atomic mass is 9.99. The SMILES string of the molecule is COCCOc1ccccc1-c1cc(C)cc(C(=O)O)c1. The van der Waals surface area contributed by atoms with Crippen LogP contribution in [0.25, 0.3) is 11.1 Å². The number of methoxy groups -OCH3 is 1. The zero-order chi connectivity index (χ0) is 15.2. The summed E-state index contributed by atoms with van der Waals surface area (Å²) in [4.78, 5) is 11.2. The molecule has 0 saturated carbocycles. The van der Waals surface area contributed by atoms with Crippen LogP contribution in [-0.4, -0.2) is 31.4 Å². The highest BCUT2D eigenvalue weighted by Crippen LogP contribution is 2.31. The Bertz CT molecular complexity index is 634. The Kier molecular flexibility index (Phi) is 4.95. The third-order valence-electron chi connectivity index (χ3n) is 3.07. The standard InChI is InChI=1S/C17H18O4/c1-12-9-13(11-14(10-12)17(18)19)15-5-3-4-6-16(15)21-8-7-20-2/h3-6,9-11H,7-8H2,1-2H3,(H,18,19). The number of aryl methyl sites for hydroxylation is 1. The van der Waals surface area contributed by atoms with Gasteiger partial charge in [-0.15, -0.1) is 0 Å². The average Bonchev–Trinajstić information content (AvgIpc) is 2.47. The molecule has 0 aromatic heterocycles. The maximum atomic E-state index is 11.2. The first kappa shape index (κ1) is 15.1. The molecule has 4 heteroatoms. The molecule has 110 valence electrons. The van der Waals surface area contributed by atoms with Gasteiger partial charge in [0.25, 0.3) is 0 Å². The van der Waals surface area contributed by atoms with E-state index in [-0.39, 0.29) is 5.56 Å². The Labute approximate surface area is 123 Å². The molecule has 0 aliphatic rings. The molecule has 0 heterocycles. The molecule has 0 unspecified atom stereocenters. The van der Waals surface area contributed by atoms with Crippen molar-refractivity contribution in [3.8, 4) is 16.9 Å². The van der Waals surface area contributed by atoms with Crippen LogP contribution in [0.5, 0.6) is 5.75 Å². The molecule has 0 amide bonds. The Hall–Kier alpha value is -2.33. The number of carboxylic acid groups (broad SMARTS) is 1. The number of carbonyl (C=O) groups is 1. The van der Waals surface area contributed by atoms with Gasteiger partial charge in [0.1, 0.15) is 12.4 Å². The Morgan fingerprint density at radius 3 is 2.62 bits per heavy atom. The number of rotatable bonds is 6. The maximum absolute atomic E-state index is 11.2. The summed E-state index contributed by atoms with van der Waals surface area (Å²) in [6, 6.07) is 12.8. The van der Waals surface area contributed by atoms with Gasteiger partial charge in [0, 0.05) is 12.7 Å². The first-order valence-corrected chi connectivity index (χ1v) is 6.68. The molecule has 0 aliphatic heterocycles. The van der Waals surface area contributed by atoms with Crippen molar-refractivity contribution in [1.82, 2.24) is 0 Å². The number of benzene rings is 2. The highest BCUT2D eigenvalue weighted by atomic mass is 16.5. The van der Waals surface area contributed by atoms with Crippen molar-refractivity contribution in [1.29, 1.82) is 0 Å². The van der Waals surface area contributed by atoms with Crippen molar-refractivity contribution in [2.75, 3.05) is 20.3 Å². The lowest BCUT2D eigenvalue weighted by molar-refractivity contribution is 0.0697. The second kappa shape index (κ2) is 6.90. The van der Waals surface area contributed by atoms with Crippen LogP contribution in [-0.2, 0) is 4.74 Å². The van der Waals surface area contributed by atoms with Gasteiger partial charge in [-0.05, 0) is 36.2 Å². The van der Waals surface area contributed by atoms with Gasteiger partial charge in [-0.25, -0.2) is 4.79 Å².